The largest absolute Gasteiger partial charge is 0.389 e. The quantitative estimate of drug-likeness (QED) is 0.840. The molecule has 2 rings (SSSR count). The number of carbonyl (C=O) groups excluding carboxylic acids is 1. The number of hydrogen-bond acceptors (Lipinski definition) is 4. The minimum absolute atomic E-state index is 0.134. The molecule has 1 heterocycles. The molecule has 0 aliphatic carbocycles. The summed E-state index contributed by atoms with van der Waals surface area (Å²) in [4.78, 5) is 12.1. The van der Waals surface area contributed by atoms with E-state index < -0.39 is 5.91 Å². The molecule has 3 N–H and O–H groups in total. The van der Waals surface area contributed by atoms with Crippen molar-refractivity contribution in [3.63, 3.8) is 0 Å². The zero-order valence-electron chi connectivity index (χ0n) is 9.94. The van der Waals surface area contributed by atoms with Crippen LogP contribution in [0.5, 0.6) is 0 Å². The van der Waals surface area contributed by atoms with Gasteiger partial charge in [-0.25, -0.2) is 0 Å². The number of halogens is 1. The van der Waals surface area contributed by atoms with Crippen LogP contribution < -0.4 is 11.1 Å². The van der Waals surface area contributed by atoms with Gasteiger partial charge < -0.3 is 15.6 Å². The maximum absolute atomic E-state index is 11.9. The third-order valence-electron chi connectivity index (χ3n) is 2.35. The fourth-order valence-electron chi connectivity index (χ4n) is 1.48. The van der Waals surface area contributed by atoms with Gasteiger partial charge >= 0.3 is 0 Å². The lowest BCUT2D eigenvalue weighted by molar-refractivity contribution is 0.0988. The summed E-state index contributed by atoms with van der Waals surface area (Å²) in [7, 11) is 0. The molecule has 0 atom stereocenters. The monoisotopic (exact) mass is 339 g/mol. The molecule has 0 spiro atoms. The Morgan fingerprint density at radius 2 is 2.21 bits per heavy atom. The molecule has 0 radical (unpaired) electrons. The van der Waals surface area contributed by atoms with Crippen molar-refractivity contribution in [1.29, 1.82) is 0 Å². The molecule has 0 bridgehead atoms. The second-order valence-corrected chi connectivity index (χ2v) is 5.20. The van der Waals surface area contributed by atoms with Crippen molar-refractivity contribution in [3.05, 3.63) is 45.8 Å². The summed E-state index contributed by atoms with van der Waals surface area (Å²) in [5, 5.41) is 6.34. The molecule has 2 aromatic rings. The highest BCUT2D eigenvalue weighted by Gasteiger charge is 2.14. The van der Waals surface area contributed by atoms with E-state index in [1.807, 2.05) is 0 Å². The van der Waals surface area contributed by atoms with Crippen LogP contribution in [0.3, 0.4) is 0 Å². The van der Waals surface area contributed by atoms with Crippen LogP contribution in [0.15, 0.2) is 33.3 Å². The van der Waals surface area contributed by atoms with Crippen LogP contribution >= 0.6 is 28.1 Å². The van der Waals surface area contributed by atoms with E-state index in [0.717, 1.165) is 4.47 Å². The number of benzene rings is 1. The smallest absolute Gasteiger partial charge is 0.294 e. The van der Waals surface area contributed by atoms with E-state index in [1.165, 1.54) is 0 Å². The average Bonchev–Trinajstić information content (AvgIpc) is 2.78. The first-order valence-corrected chi connectivity index (χ1v) is 6.51. The molecule has 0 aliphatic heterocycles. The van der Waals surface area contributed by atoms with Gasteiger partial charge in [-0.05, 0) is 25.1 Å². The van der Waals surface area contributed by atoms with Gasteiger partial charge in [0.1, 0.15) is 4.99 Å². The topological polar surface area (TPSA) is 81.2 Å². The number of nitrogens with zero attached hydrogens (tertiary/aromatic N) is 1. The standard InChI is InChI=1S/C12H10BrN3O2S/c1-6-4-10(18-16-6)12(17)15-9-3-2-7(13)5-8(9)11(14)19/h2-5H,1H3,(H2,14,19)(H,15,17). The Kier molecular flexibility index (Phi) is 3.96. The summed E-state index contributed by atoms with van der Waals surface area (Å²) in [5.41, 5.74) is 7.36. The Morgan fingerprint density at radius 1 is 1.47 bits per heavy atom. The van der Waals surface area contributed by atoms with Crippen molar-refractivity contribution in [2.75, 3.05) is 5.32 Å². The average molecular weight is 340 g/mol. The van der Waals surface area contributed by atoms with Gasteiger partial charge in [0.2, 0.25) is 5.76 Å². The lowest BCUT2D eigenvalue weighted by atomic mass is 10.1. The van der Waals surface area contributed by atoms with Gasteiger partial charge in [-0.15, -0.1) is 0 Å². The number of amides is 1. The fraction of sp³-hybridized carbons (Fsp3) is 0.0833. The van der Waals surface area contributed by atoms with Gasteiger partial charge in [0, 0.05) is 16.1 Å². The normalized spacial score (nSPS) is 10.2. The highest BCUT2D eigenvalue weighted by molar-refractivity contribution is 9.10. The molecule has 1 aromatic heterocycles. The summed E-state index contributed by atoms with van der Waals surface area (Å²) < 4.78 is 5.71. The predicted octanol–water partition coefficient (Wildman–Crippen LogP) is 2.63. The van der Waals surface area contributed by atoms with Gasteiger partial charge in [-0.3, -0.25) is 4.79 Å². The third kappa shape index (κ3) is 3.18. The van der Waals surface area contributed by atoms with E-state index in [-0.39, 0.29) is 10.7 Å². The molecule has 98 valence electrons. The molecule has 0 aliphatic rings. The molecular weight excluding hydrogens is 330 g/mol. The number of aryl methyl sites for hydroxylation is 1. The van der Waals surface area contributed by atoms with Crippen molar-refractivity contribution in [1.82, 2.24) is 5.16 Å². The van der Waals surface area contributed by atoms with Gasteiger partial charge in [0.25, 0.3) is 5.91 Å². The van der Waals surface area contributed by atoms with E-state index in [1.54, 1.807) is 31.2 Å². The fourth-order valence-corrected chi connectivity index (χ4v) is 2.01. The lowest BCUT2D eigenvalue weighted by Gasteiger charge is -2.09. The molecule has 0 fully saturated rings. The highest BCUT2D eigenvalue weighted by Crippen LogP contribution is 2.21. The second kappa shape index (κ2) is 5.50. The first kappa shape index (κ1) is 13.7. The minimum Gasteiger partial charge on any atom is -0.389 e. The Morgan fingerprint density at radius 3 is 2.79 bits per heavy atom. The van der Waals surface area contributed by atoms with Gasteiger partial charge in [0.15, 0.2) is 0 Å². The van der Waals surface area contributed by atoms with Crippen LogP contribution in [0.2, 0.25) is 0 Å². The van der Waals surface area contributed by atoms with Crippen molar-refractivity contribution in [2.45, 2.75) is 6.92 Å². The Hall–Kier alpha value is -1.73. The molecule has 5 nitrogen and oxygen atoms in total. The van der Waals surface area contributed by atoms with Crippen molar-refractivity contribution in [3.8, 4) is 0 Å². The summed E-state index contributed by atoms with van der Waals surface area (Å²) in [6, 6.07) is 6.78. The lowest BCUT2D eigenvalue weighted by Crippen LogP contribution is -2.17. The number of carbonyl (C=O) groups is 1. The molecule has 0 saturated carbocycles. The van der Waals surface area contributed by atoms with Crippen LogP contribution in [-0.4, -0.2) is 16.1 Å². The number of nitrogens with one attached hydrogen (secondary N) is 1. The number of nitrogens with two attached hydrogens (primary N) is 1. The third-order valence-corrected chi connectivity index (χ3v) is 3.06. The van der Waals surface area contributed by atoms with E-state index >= 15 is 0 Å². The van der Waals surface area contributed by atoms with E-state index in [9.17, 15) is 4.79 Å². The van der Waals surface area contributed by atoms with Crippen molar-refractivity contribution in [2.24, 2.45) is 5.73 Å². The van der Waals surface area contributed by atoms with Gasteiger partial charge in [-0.2, -0.15) is 0 Å². The summed E-state index contributed by atoms with van der Waals surface area (Å²) in [6.45, 7) is 1.74. The molecule has 19 heavy (non-hydrogen) atoms. The maximum atomic E-state index is 11.9. The maximum Gasteiger partial charge on any atom is 0.294 e. The first-order valence-electron chi connectivity index (χ1n) is 5.31. The Bertz CT molecular complexity index is 654. The first-order chi connectivity index (χ1) is 8.97. The van der Waals surface area contributed by atoms with Gasteiger partial charge in [-0.1, -0.05) is 33.3 Å². The molecule has 7 heteroatoms. The zero-order chi connectivity index (χ0) is 14.0. The summed E-state index contributed by atoms with van der Waals surface area (Å²) in [6.07, 6.45) is 0. The number of rotatable bonds is 3. The molecular formula is C12H10BrN3O2S. The van der Waals surface area contributed by atoms with Crippen molar-refractivity contribution >= 4 is 44.7 Å². The van der Waals surface area contributed by atoms with Gasteiger partial charge in [0.05, 0.1) is 11.4 Å². The van der Waals surface area contributed by atoms with Crippen LogP contribution in [0.4, 0.5) is 5.69 Å². The molecule has 0 saturated heterocycles. The van der Waals surface area contributed by atoms with Crippen LogP contribution in [-0.2, 0) is 0 Å². The summed E-state index contributed by atoms with van der Waals surface area (Å²) in [5.74, 6) is -0.269. The number of thiocarbonyl (C=S) groups is 1. The molecule has 1 amide bonds. The molecule has 0 unspecified atom stereocenters. The Balaban J connectivity index is 2.28. The second-order valence-electron chi connectivity index (χ2n) is 3.84. The summed E-state index contributed by atoms with van der Waals surface area (Å²) >= 11 is 8.28. The SMILES string of the molecule is Cc1cc(C(=O)Nc2ccc(Br)cc2C(N)=S)on1. The number of hydrogen-bond donors (Lipinski definition) is 2. The number of anilines is 1. The van der Waals surface area contributed by atoms with E-state index in [4.69, 9.17) is 22.5 Å². The van der Waals surface area contributed by atoms with E-state index in [0.29, 0.717) is 16.9 Å². The van der Waals surface area contributed by atoms with Crippen LogP contribution in [0.25, 0.3) is 0 Å². The van der Waals surface area contributed by atoms with Crippen LogP contribution in [0.1, 0.15) is 21.8 Å². The van der Waals surface area contributed by atoms with Crippen molar-refractivity contribution < 1.29 is 9.32 Å². The zero-order valence-corrected chi connectivity index (χ0v) is 12.3. The highest BCUT2D eigenvalue weighted by atomic mass is 79.9. The minimum atomic E-state index is -0.402. The number of aromatic nitrogens is 1. The Labute approximate surface area is 123 Å². The predicted molar refractivity (Wildman–Crippen MR) is 79.2 cm³/mol. The van der Waals surface area contributed by atoms with E-state index in [2.05, 4.69) is 26.4 Å². The van der Waals surface area contributed by atoms with Crippen LogP contribution in [0, 0.1) is 6.92 Å². The molecule has 1 aromatic carbocycles.